The highest BCUT2D eigenvalue weighted by Gasteiger charge is 2.26. The summed E-state index contributed by atoms with van der Waals surface area (Å²) in [5, 5.41) is 7.94. The Kier molecular flexibility index (Phi) is 4.33. The van der Waals surface area contributed by atoms with Crippen LogP contribution >= 0.6 is 0 Å². The first-order chi connectivity index (χ1) is 5.00. The summed E-state index contributed by atoms with van der Waals surface area (Å²) in [5.74, 6) is -0.608. The summed E-state index contributed by atoms with van der Waals surface area (Å²) in [7, 11) is -1.22. The normalized spacial score (nSPS) is 16.4. The molecule has 0 fully saturated rings. The van der Waals surface area contributed by atoms with E-state index in [2.05, 4.69) is 0 Å². The number of aliphatic carboxylic acids is 1. The van der Waals surface area contributed by atoms with Crippen LogP contribution in [0.2, 0.25) is 0 Å². The van der Waals surface area contributed by atoms with Gasteiger partial charge in [-0.05, 0) is 5.92 Å². The van der Waals surface area contributed by atoms with E-state index < -0.39 is 22.0 Å². The molecule has 0 aliphatic rings. The Morgan fingerprint density at radius 2 is 2.00 bits per heavy atom. The highest BCUT2D eigenvalue weighted by atomic mass is 32.2. The Morgan fingerprint density at radius 3 is 2.09 bits per heavy atom. The van der Waals surface area contributed by atoms with Crippen molar-refractivity contribution in [2.45, 2.75) is 26.0 Å². The summed E-state index contributed by atoms with van der Waals surface area (Å²) in [4.78, 5) is 10.5. The van der Waals surface area contributed by atoms with E-state index in [4.69, 9.17) is 5.11 Å². The van der Waals surface area contributed by atoms with Crippen LogP contribution in [0.4, 0.5) is 0 Å². The SMILES string of the molecule is CCS(=O)C(C(=O)O)C(C)C. The van der Waals surface area contributed by atoms with E-state index in [0.29, 0.717) is 5.75 Å². The molecule has 66 valence electrons. The standard InChI is InChI=1S/C7H14O3S/c1-4-11(10)6(5(2)3)7(8)9/h5-6H,4H2,1-3H3,(H,8,9). The Labute approximate surface area is 69.3 Å². The van der Waals surface area contributed by atoms with Crippen molar-refractivity contribution < 1.29 is 14.1 Å². The van der Waals surface area contributed by atoms with Crippen LogP contribution in [0.15, 0.2) is 0 Å². The van der Waals surface area contributed by atoms with E-state index in [1.54, 1.807) is 20.8 Å². The topological polar surface area (TPSA) is 54.4 Å². The minimum atomic E-state index is -1.22. The van der Waals surface area contributed by atoms with Crippen LogP contribution in [-0.4, -0.2) is 26.3 Å². The van der Waals surface area contributed by atoms with Crippen molar-refractivity contribution in [3.8, 4) is 0 Å². The number of carboxylic acid groups (broad SMARTS) is 1. The Balaban J connectivity index is 4.34. The van der Waals surface area contributed by atoms with Gasteiger partial charge < -0.3 is 5.11 Å². The van der Waals surface area contributed by atoms with E-state index in [-0.39, 0.29) is 5.92 Å². The second-order valence-corrected chi connectivity index (χ2v) is 4.52. The molecule has 2 unspecified atom stereocenters. The smallest absolute Gasteiger partial charge is 0.319 e. The maximum atomic E-state index is 11.1. The summed E-state index contributed by atoms with van der Waals surface area (Å²) in [6.07, 6.45) is 0. The van der Waals surface area contributed by atoms with Gasteiger partial charge in [0, 0.05) is 16.6 Å². The molecule has 2 atom stereocenters. The molecule has 3 nitrogen and oxygen atoms in total. The van der Waals surface area contributed by atoms with Gasteiger partial charge >= 0.3 is 5.97 Å². The molecule has 0 amide bonds. The molecule has 0 radical (unpaired) electrons. The molecule has 0 aromatic rings. The molecule has 0 spiro atoms. The molecule has 0 saturated heterocycles. The molecule has 0 aliphatic heterocycles. The van der Waals surface area contributed by atoms with Crippen molar-refractivity contribution in [3.63, 3.8) is 0 Å². The van der Waals surface area contributed by atoms with Crippen molar-refractivity contribution in [2.24, 2.45) is 5.92 Å². The zero-order chi connectivity index (χ0) is 9.02. The zero-order valence-electron chi connectivity index (χ0n) is 7.03. The predicted octanol–water partition coefficient (Wildman–Crippen LogP) is 0.864. The van der Waals surface area contributed by atoms with Gasteiger partial charge in [0.2, 0.25) is 0 Å². The van der Waals surface area contributed by atoms with Crippen LogP contribution in [0.25, 0.3) is 0 Å². The summed E-state index contributed by atoms with van der Waals surface area (Å²) >= 11 is 0. The molecule has 0 aromatic heterocycles. The van der Waals surface area contributed by atoms with Crippen LogP contribution in [-0.2, 0) is 15.6 Å². The van der Waals surface area contributed by atoms with E-state index in [0.717, 1.165) is 0 Å². The van der Waals surface area contributed by atoms with Gasteiger partial charge in [-0.15, -0.1) is 0 Å². The molecule has 1 N–H and O–H groups in total. The number of hydrogen-bond donors (Lipinski definition) is 1. The van der Waals surface area contributed by atoms with Gasteiger partial charge in [0.25, 0.3) is 0 Å². The van der Waals surface area contributed by atoms with Crippen LogP contribution in [0, 0.1) is 5.92 Å². The Morgan fingerprint density at radius 1 is 1.55 bits per heavy atom. The number of rotatable bonds is 4. The maximum Gasteiger partial charge on any atom is 0.319 e. The fourth-order valence-corrected chi connectivity index (χ4v) is 2.07. The molecular formula is C7H14O3S. The third-order valence-electron chi connectivity index (χ3n) is 1.42. The fraction of sp³-hybridized carbons (Fsp3) is 0.857. The third kappa shape index (κ3) is 3.01. The molecular weight excluding hydrogens is 164 g/mol. The summed E-state index contributed by atoms with van der Waals surface area (Å²) in [6, 6.07) is 0. The van der Waals surface area contributed by atoms with E-state index in [1.807, 2.05) is 0 Å². The molecule has 0 rings (SSSR count). The third-order valence-corrected chi connectivity index (χ3v) is 3.30. The van der Waals surface area contributed by atoms with Crippen LogP contribution in [0.3, 0.4) is 0 Å². The molecule has 0 bridgehead atoms. The van der Waals surface area contributed by atoms with Crippen molar-refractivity contribution in [2.75, 3.05) is 5.75 Å². The van der Waals surface area contributed by atoms with Gasteiger partial charge in [0.15, 0.2) is 0 Å². The Bertz CT molecular complexity index is 165. The van der Waals surface area contributed by atoms with Crippen molar-refractivity contribution in [1.29, 1.82) is 0 Å². The summed E-state index contributed by atoms with van der Waals surface area (Å²) < 4.78 is 11.1. The fourth-order valence-electron chi connectivity index (χ4n) is 0.881. The maximum absolute atomic E-state index is 11.1. The molecule has 0 saturated carbocycles. The van der Waals surface area contributed by atoms with Gasteiger partial charge in [0.05, 0.1) is 0 Å². The van der Waals surface area contributed by atoms with E-state index >= 15 is 0 Å². The lowest BCUT2D eigenvalue weighted by Crippen LogP contribution is -2.31. The Hall–Kier alpha value is -0.380. The monoisotopic (exact) mass is 178 g/mol. The first kappa shape index (κ1) is 10.6. The molecule has 0 aliphatic carbocycles. The van der Waals surface area contributed by atoms with Gasteiger partial charge in [-0.2, -0.15) is 0 Å². The lowest BCUT2D eigenvalue weighted by molar-refractivity contribution is -0.137. The largest absolute Gasteiger partial charge is 0.480 e. The number of hydrogen-bond acceptors (Lipinski definition) is 2. The van der Waals surface area contributed by atoms with E-state index in [9.17, 15) is 9.00 Å². The second-order valence-electron chi connectivity index (χ2n) is 2.67. The number of carbonyl (C=O) groups is 1. The van der Waals surface area contributed by atoms with Crippen molar-refractivity contribution in [1.82, 2.24) is 0 Å². The van der Waals surface area contributed by atoms with Gasteiger partial charge in [-0.3, -0.25) is 9.00 Å². The first-order valence-corrected chi connectivity index (χ1v) is 4.98. The van der Waals surface area contributed by atoms with Crippen LogP contribution in [0.5, 0.6) is 0 Å². The highest BCUT2D eigenvalue weighted by molar-refractivity contribution is 7.86. The molecule has 4 heteroatoms. The quantitative estimate of drug-likeness (QED) is 0.694. The van der Waals surface area contributed by atoms with Gasteiger partial charge in [-0.25, -0.2) is 0 Å². The minimum absolute atomic E-state index is 0.0618. The molecule has 11 heavy (non-hydrogen) atoms. The minimum Gasteiger partial charge on any atom is -0.480 e. The molecule has 0 heterocycles. The highest BCUT2D eigenvalue weighted by Crippen LogP contribution is 2.09. The number of carboxylic acids is 1. The van der Waals surface area contributed by atoms with Gasteiger partial charge in [-0.1, -0.05) is 20.8 Å². The lowest BCUT2D eigenvalue weighted by atomic mass is 10.1. The molecule has 0 aromatic carbocycles. The predicted molar refractivity (Wildman–Crippen MR) is 44.9 cm³/mol. The van der Waals surface area contributed by atoms with Crippen LogP contribution in [0.1, 0.15) is 20.8 Å². The lowest BCUT2D eigenvalue weighted by Gasteiger charge is -2.13. The summed E-state index contributed by atoms with van der Waals surface area (Å²) in [5.41, 5.74) is 0. The first-order valence-electron chi connectivity index (χ1n) is 3.60. The van der Waals surface area contributed by atoms with Gasteiger partial charge in [0.1, 0.15) is 5.25 Å². The van der Waals surface area contributed by atoms with E-state index in [1.165, 1.54) is 0 Å². The zero-order valence-corrected chi connectivity index (χ0v) is 7.85. The average molecular weight is 178 g/mol. The average Bonchev–Trinajstić information content (AvgIpc) is 1.85. The summed E-state index contributed by atoms with van der Waals surface area (Å²) in [6.45, 7) is 5.27. The van der Waals surface area contributed by atoms with Crippen LogP contribution < -0.4 is 0 Å². The van der Waals surface area contributed by atoms with Crippen molar-refractivity contribution in [3.05, 3.63) is 0 Å². The van der Waals surface area contributed by atoms with Crippen molar-refractivity contribution >= 4 is 16.8 Å². The second kappa shape index (κ2) is 4.49.